The molecule has 2 aromatic heterocycles. The minimum absolute atomic E-state index is 0.142. The zero-order valence-electron chi connectivity index (χ0n) is 16.2. The van der Waals surface area contributed by atoms with Crippen molar-refractivity contribution in [2.75, 3.05) is 25.5 Å². The van der Waals surface area contributed by atoms with Crippen molar-refractivity contribution in [3.05, 3.63) is 23.6 Å². The SMILES string of the molecule is CN1CCC(n2cc(-c3nc(N[C@@H]4CCC(F)(F)C[C@@H]4O)ncc3Cl)cn2)CC1. The van der Waals surface area contributed by atoms with Crippen LogP contribution in [-0.2, 0) is 0 Å². The number of alkyl halides is 2. The van der Waals surface area contributed by atoms with Crippen LogP contribution in [0.1, 0.15) is 38.1 Å². The molecule has 0 amide bonds. The van der Waals surface area contributed by atoms with Crippen LogP contribution in [0.25, 0.3) is 11.3 Å². The molecule has 0 unspecified atom stereocenters. The molecule has 3 heterocycles. The Balaban J connectivity index is 1.49. The third-order valence-electron chi connectivity index (χ3n) is 5.79. The predicted molar refractivity (Wildman–Crippen MR) is 106 cm³/mol. The Morgan fingerprint density at radius 3 is 2.72 bits per heavy atom. The predicted octanol–water partition coefficient (Wildman–Crippen LogP) is 3.22. The zero-order chi connectivity index (χ0) is 20.6. The van der Waals surface area contributed by atoms with Crippen molar-refractivity contribution < 1.29 is 13.9 Å². The van der Waals surface area contributed by atoms with Crippen LogP contribution >= 0.6 is 11.6 Å². The van der Waals surface area contributed by atoms with E-state index in [2.05, 4.69) is 32.3 Å². The van der Waals surface area contributed by atoms with Gasteiger partial charge in [0.25, 0.3) is 5.92 Å². The average Bonchev–Trinajstić information content (AvgIpc) is 3.15. The number of piperidine rings is 1. The van der Waals surface area contributed by atoms with Crippen molar-refractivity contribution in [1.82, 2.24) is 24.6 Å². The molecular formula is C19H25ClF2N6O. The molecule has 0 spiro atoms. The van der Waals surface area contributed by atoms with E-state index in [4.69, 9.17) is 11.6 Å². The van der Waals surface area contributed by atoms with Crippen LogP contribution in [0, 0.1) is 0 Å². The molecule has 0 bridgehead atoms. The van der Waals surface area contributed by atoms with Crippen molar-refractivity contribution in [3.8, 4) is 11.3 Å². The molecule has 1 aliphatic heterocycles. The van der Waals surface area contributed by atoms with Crippen molar-refractivity contribution in [1.29, 1.82) is 0 Å². The first kappa shape index (κ1) is 20.4. The molecule has 2 atom stereocenters. The highest BCUT2D eigenvalue weighted by atomic mass is 35.5. The van der Waals surface area contributed by atoms with E-state index >= 15 is 0 Å². The van der Waals surface area contributed by atoms with Crippen LogP contribution in [0.2, 0.25) is 5.02 Å². The van der Waals surface area contributed by atoms with E-state index in [9.17, 15) is 13.9 Å². The van der Waals surface area contributed by atoms with Gasteiger partial charge < -0.3 is 15.3 Å². The van der Waals surface area contributed by atoms with Crippen molar-refractivity contribution >= 4 is 17.5 Å². The largest absolute Gasteiger partial charge is 0.391 e. The number of nitrogens with one attached hydrogen (secondary N) is 1. The Bertz CT molecular complexity index is 855. The van der Waals surface area contributed by atoms with Gasteiger partial charge in [-0.1, -0.05) is 11.6 Å². The maximum Gasteiger partial charge on any atom is 0.250 e. The molecule has 2 aliphatic rings. The number of aliphatic hydroxyl groups is 1. The Morgan fingerprint density at radius 1 is 1.24 bits per heavy atom. The molecule has 0 aromatic carbocycles. The number of aromatic nitrogens is 4. The van der Waals surface area contributed by atoms with Gasteiger partial charge in [-0.2, -0.15) is 5.10 Å². The molecule has 1 saturated carbocycles. The molecule has 0 radical (unpaired) electrons. The lowest BCUT2D eigenvalue weighted by Crippen LogP contribution is -2.44. The zero-order valence-corrected chi connectivity index (χ0v) is 17.0. The summed E-state index contributed by atoms with van der Waals surface area (Å²) >= 11 is 6.31. The van der Waals surface area contributed by atoms with Gasteiger partial charge in [-0.05, 0) is 39.4 Å². The molecular weight excluding hydrogens is 402 g/mol. The molecule has 2 N–H and O–H groups in total. The summed E-state index contributed by atoms with van der Waals surface area (Å²) in [6.45, 7) is 2.07. The van der Waals surface area contributed by atoms with E-state index in [1.165, 1.54) is 6.20 Å². The molecule has 1 aliphatic carbocycles. The molecule has 2 aromatic rings. The first-order valence-corrected chi connectivity index (χ1v) is 10.3. The van der Waals surface area contributed by atoms with Gasteiger partial charge in [-0.3, -0.25) is 4.68 Å². The van der Waals surface area contributed by atoms with Gasteiger partial charge in [0.1, 0.15) is 0 Å². The average molecular weight is 427 g/mol. The molecule has 7 nitrogen and oxygen atoms in total. The van der Waals surface area contributed by atoms with Crippen LogP contribution in [0.5, 0.6) is 0 Å². The summed E-state index contributed by atoms with van der Waals surface area (Å²) in [7, 11) is 2.12. The number of aliphatic hydroxyl groups excluding tert-OH is 1. The topological polar surface area (TPSA) is 79.1 Å². The Hall–Kier alpha value is -1.84. The minimum Gasteiger partial charge on any atom is -0.391 e. The van der Waals surface area contributed by atoms with E-state index in [-0.39, 0.29) is 18.8 Å². The van der Waals surface area contributed by atoms with Crippen LogP contribution in [-0.4, -0.2) is 68.0 Å². The minimum atomic E-state index is -2.83. The monoisotopic (exact) mass is 426 g/mol. The number of anilines is 1. The fourth-order valence-corrected chi connectivity index (χ4v) is 4.20. The lowest BCUT2D eigenvalue weighted by atomic mass is 9.90. The van der Waals surface area contributed by atoms with E-state index in [1.807, 2.05) is 10.9 Å². The number of hydrogen-bond donors (Lipinski definition) is 2. The molecule has 1 saturated heterocycles. The van der Waals surface area contributed by atoms with Crippen LogP contribution in [0.3, 0.4) is 0 Å². The molecule has 2 fully saturated rings. The second-order valence-electron chi connectivity index (χ2n) is 8.05. The third-order valence-corrected chi connectivity index (χ3v) is 6.07. The maximum absolute atomic E-state index is 13.4. The quantitative estimate of drug-likeness (QED) is 0.781. The number of likely N-dealkylation sites (tertiary alicyclic amines) is 1. The smallest absolute Gasteiger partial charge is 0.250 e. The van der Waals surface area contributed by atoms with Gasteiger partial charge in [0.2, 0.25) is 5.95 Å². The second kappa shape index (κ2) is 8.12. The summed E-state index contributed by atoms with van der Waals surface area (Å²) < 4.78 is 28.8. The van der Waals surface area contributed by atoms with Gasteiger partial charge in [-0.25, -0.2) is 18.7 Å². The number of halogens is 3. The highest BCUT2D eigenvalue weighted by Gasteiger charge is 2.41. The first-order valence-electron chi connectivity index (χ1n) is 9.89. The van der Waals surface area contributed by atoms with Crippen molar-refractivity contribution in [3.63, 3.8) is 0 Å². The van der Waals surface area contributed by atoms with Gasteiger partial charge in [0.05, 0.1) is 41.3 Å². The number of rotatable bonds is 4. The van der Waals surface area contributed by atoms with Crippen molar-refractivity contribution in [2.45, 2.75) is 56.2 Å². The van der Waals surface area contributed by atoms with Crippen LogP contribution in [0.4, 0.5) is 14.7 Å². The Kier molecular flexibility index (Phi) is 5.72. The van der Waals surface area contributed by atoms with Crippen molar-refractivity contribution in [2.24, 2.45) is 0 Å². The van der Waals surface area contributed by atoms with Crippen LogP contribution in [0.15, 0.2) is 18.6 Å². The fraction of sp³-hybridized carbons (Fsp3) is 0.632. The third kappa shape index (κ3) is 4.67. The van der Waals surface area contributed by atoms with Crippen LogP contribution < -0.4 is 5.32 Å². The maximum atomic E-state index is 13.4. The van der Waals surface area contributed by atoms with Gasteiger partial charge in [-0.15, -0.1) is 0 Å². The summed E-state index contributed by atoms with van der Waals surface area (Å²) in [5.41, 5.74) is 1.30. The van der Waals surface area contributed by atoms with Gasteiger partial charge >= 0.3 is 0 Å². The van der Waals surface area contributed by atoms with Gasteiger partial charge in [0.15, 0.2) is 0 Å². The Morgan fingerprint density at radius 2 is 2.00 bits per heavy atom. The van der Waals surface area contributed by atoms with E-state index in [0.717, 1.165) is 31.5 Å². The number of hydrogen-bond acceptors (Lipinski definition) is 6. The first-order chi connectivity index (χ1) is 13.8. The normalized spacial score (nSPS) is 25.8. The highest BCUT2D eigenvalue weighted by Crippen LogP contribution is 2.35. The second-order valence-corrected chi connectivity index (χ2v) is 8.46. The van der Waals surface area contributed by atoms with Gasteiger partial charge in [0, 0.05) is 24.6 Å². The molecule has 29 heavy (non-hydrogen) atoms. The molecule has 4 rings (SSSR count). The summed E-state index contributed by atoms with van der Waals surface area (Å²) in [6, 6.07) is -0.178. The van der Waals surface area contributed by atoms with E-state index in [0.29, 0.717) is 16.8 Å². The summed E-state index contributed by atoms with van der Waals surface area (Å²) in [6.07, 6.45) is 5.36. The summed E-state index contributed by atoms with van der Waals surface area (Å²) in [4.78, 5) is 10.9. The highest BCUT2D eigenvalue weighted by molar-refractivity contribution is 6.32. The Labute approximate surface area is 173 Å². The molecule has 10 heteroatoms. The standard InChI is InChI=1S/C19H25ClF2N6O/c1-27-6-3-13(4-7-27)28-11-12(9-24-28)17-14(20)10-23-18(26-17)25-15-2-5-19(21,22)8-16(15)29/h9-11,13,15-16,29H,2-8H2,1H3,(H,23,25,26)/t15-,16+/m1/s1. The summed E-state index contributed by atoms with van der Waals surface area (Å²) in [5.74, 6) is -2.57. The lowest BCUT2D eigenvalue weighted by molar-refractivity contribution is -0.0800. The van der Waals surface area contributed by atoms with E-state index in [1.54, 1.807) is 6.20 Å². The lowest BCUT2D eigenvalue weighted by Gasteiger charge is -2.33. The summed E-state index contributed by atoms with van der Waals surface area (Å²) in [5, 5.41) is 17.9. The van der Waals surface area contributed by atoms with E-state index < -0.39 is 24.5 Å². The number of nitrogens with zero attached hydrogens (tertiary/aromatic N) is 5. The fourth-order valence-electron chi connectivity index (χ4n) is 4.00. The molecule has 158 valence electrons.